The van der Waals surface area contributed by atoms with Crippen molar-refractivity contribution in [3.8, 4) is 5.75 Å². The molecule has 0 saturated heterocycles. The Kier molecular flexibility index (Phi) is 5.92. The number of aromatic nitrogens is 1. The number of para-hydroxylation sites is 1. The topological polar surface area (TPSA) is 63.2 Å². The van der Waals surface area contributed by atoms with Gasteiger partial charge in [-0.05, 0) is 32.9 Å². The first-order valence-electron chi connectivity index (χ1n) is 7.32. The van der Waals surface area contributed by atoms with Gasteiger partial charge in [0.25, 0.3) is 0 Å². The zero-order valence-electron chi connectivity index (χ0n) is 13.3. The molecule has 7 heteroatoms. The maximum atomic E-state index is 13.4. The van der Waals surface area contributed by atoms with Crippen LogP contribution in [0.1, 0.15) is 30.6 Å². The van der Waals surface area contributed by atoms with Crippen LogP contribution in [0.2, 0.25) is 0 Å². The van der Waals surface area contributed by atoms with Crippen LogP contribution in [-0.2, 0) is 0 Å². The highest BCUT2D eigenvalue weighted by molar-refractivity contribution is 7.09. The number of thiazole rings is 1. The SMILES string of the molecule is Cc1nc([C@@H](C)NC(=O)N[C@@H](C)COc2ccccc2F)cs1. The molecule has 0 fully saturated rings. The highest BCUT2D eigenvalue weighted by Gasteiger charge is 2.14. The van der Waals surface area contributed by atoms with Crippen LogP contribution < -0.4 is 15.4 Å². The number of benzene rings is 1. The molecule has 0 saturated carbocycles. The number of nitrogens with zero attached hydrogens (tertiary/aromatic N) is 1. The molecule has 5 nitrogen and oxygen atoms in total. The Morgan fingerprint density at radius 1 is 1.35 bits per heavy atom. The Bertz CT molecular complexity index is 662. The van der Waals surface area contributed by atoms with Gasteiger partial charge >= 0.3 is 6.03 Å². The lowest BCUT2D eigenvalue weighted by Gasteiger charge is -2.18. The summed E-state index contributed by atoms with van der Waals surface area (Å²) < 4.78 is 18.8. The smallest absolute Gasteiger partial charge is 0.315 e. The summed E-state index contributed by atoms with van der Waals surface area (Å²) in [7, 11) is 0. The molecule has 0 unspecified atom stereocenters. The molecule has 2 atom stereocenters. The van der Waals surface area contributed by atoms with Gasteiger partial charge in [0.05, 0.1) is 22.8 Å². The minimum absolute atomic E-state index is 0.174. The average molecular weight is 337 g/mol. The van der Waals surface area contributed by atoms with E-state index < -0.39 is 5.82 Å². The Labute approximate surface area is 138 Å². The van der Waals surface area contributed by atoms with Crippen molar-refractivity contribution in [1.29, 1.82) is 0 Å². The van der Waals surface area contributed by atoms with E-state index in [4.69, 9.17) is 4.74 Å². The van der Waals surface area contributed by atoms with E-state index in [2.05, 4.69) is 15.6 Å². The number of hydrogen-bond acceptors (Lipinski definition) is 4. The van der Waals surface area contributed by atoms with Crippen LogP contribution >= 0.6 is 11.3 Å². The number of hydrogen-bond donors (Lipinski definition) is 2. The van der Waals surface area contributed by atoms with Gasteiger partial charge in [0.15, 0.2) is 11.6 Å². The Balaban J connectivity index is 1.77. The second-order valence-electron chi connectivity index (χ2n) is 5.27. The maximum Gasteiger partial charge on any atom is 0.315 e. The van der Waals surface area contributed by atoms with Gasteiger partial charge in [-0.1, -0.05) is 12.1 Å². The van der Waals surface area contributed by atoms with Gasteiger partial charge in [0.2, 0.25) is 0 Å². The van der Waals surface area contributed by atoms with Crippen molar-refractivity contribution in [3.05, 3.63) is 46.2 Å². The lowest BCUT2D eigenvalue weighted by molar-refractivity contribution is 0.222. The molecule has 1 aromatic heterocycles. The van der Waals surface area contributed by atoms with Crippen molar-refractivity contribution in [2.45, 2.75) is 32.9 Å². The maximum absolute atomic E-state index is 13.4. The van der Waals surface area contributed by atoms with Crippen LogP contribution in [0, 0.1) is 12.7 Å². The van der Waals surface area contributed by atoms with E-state index in [0.29, 0.717) is 0 Å². The third-order valence-corrected chi connectivity index (χ3v) is 3.92. The van der Waals surface area contributed by atoms with Gasteiger partial charge in [0.1, 0.15) is 6.61 Å². The van der Waals surface area contributed by atoms with E-state index in [-0.39, 0.29) is 30.5 Å². The summed E-state index contributed by atoms with van der Waals surface area (Å²) in [6, 6.07) is 5.41. The molecule has 124 valence electrons. The summed E-state index contributed by atoms with van der Waals surface area (Å²) in [5.41, 5.74) is 0.831. The fourth-order valence-corrected chi connectivity index (χ4v) is 2.64. The molecule has 0 spiro atoms. The number of carbonyl (C=O) groups is 1. The number of amides is 2. The molecule has 23 heavy (non-hydrogen) atoms. The number of carbonyl (C=O) groups excluding carboxylic acids is 1. The van der Waals surface area contributed by atoms with Crippen molar-refractivity contribution in [2.75, 3.05) is 6.61 Å². The molecule has 0 aliphatic heterocycles. The first-order chi connectivity index (χ1) is 11.0. The first kappa shape index (κ1) is 17.2. The number of nitrogens with one attached hydrogen (secondary N) is 2. The van der Waals surface area contributed by atoms with Crippen molar-refractivity contribution in [3.63, 3.8) is 0 Å². The van der Waals surface area contributed by atoms with Crippen LogP contribution in [0.25, 0.3) is 0 Å². The van der Waals surface area contributed by atoms with Gasteiger partial charge in [-0.3, -0.25) is 0 Å². The summed E-state index contributed by atoms with van der Waals surface area (Å²) in [6.45, 7) is 5.76. The predicted molar refractivity (Wildman–Crippen MR) is 88.3 cm³/mol. The Morgan fingerprint density at radius 2 is 2.09 bits per heavy atom. The van der Waals surface area contributed by atoms with E-state index >= 15 is 0 Å². The quantitative estimate of drug-likeness (QED) is 0.849. The molecular weight excluding hydrogens is 317 g/mol. The number of ether oxygens (including phenoxy) is 1. The lowest BCUT2D eigenvalue weighted by Crippen LogP contribution is -2.44. The zero-order valence-corrected chi connectivity index (χ0v) is 14.1. The monoisotopic (exact) mass is 337 g/mol. The van der Waals surface area contributed by atoms with Gasteiger partial charge in [-0.15, -0.1) is 11.3 Å². The summed E-state index contributed by atoms with van der Waals surface area (Å²) in [5, 5.41) is 8.45. The molecule has 2 aromatic rings. The van der Waals surface area contributed by atoms with Gasteiger partial charge in [-0.2, -0.15) is 0 Å². The van der Waals surface area contributed by atoms with Crippen LogP contribution in [0.15, 0.2) is 29.6 Å². The second-order valence-corrected chi connectivity index (χ2v) is 6.34. The number of rotatable bonds is 6. The summed E-state index contributed by atoms with van der Waals surface area (Å²) in [5.74, 6) is -0.246. The Morgan fingerprint density at radius 3 is 2.74 bits per heavy atom. The molecule has 1 heterocycles. The Hall–Kier alpha value is -2.15. The van der Waals surface area contributed by atoms with Crippen molar-refractivity contribution in [2.24, 2.45) is 0 Å². The third kappa shape index (κ3) is 5.21. The number of halogens is 1. The summed E-state index contributed by atoms with van der Waals surface area (Å²) in [6.07, 6.45) is 0. The molecule has 2 amide bonds. The number of urea groups is 1. The van der Waals surface area contributed by atoms with E-state index in [1.165, 1.54) is 6.07 Å². The van der Waals surface area contributed by atoms with Crippen molar-refractivity contribution < 1.29 is 13.9 Å². The molecule has 0 bridgehead atoms. The van der Waals surface area contributed by atoms with E-state index in [1.807, 2.05) is 19.2 Å². The van der Waals surface area contributed by atoms with E-state index in [9.17, 15) is 9.18 Å². The molecule has 2 rings (SSSR count). The molecule has 0 aliphatic carbocycles. The molecular formula is C16H20FN3O2S. The molecule has 0 aliphatic rings. The standard InChI is InChI=1S/C16H20FN3O2S/c1-10(8-22-15-7-5-4-6-13(15)17)18-16(21)19-11(2)14-9-23-12(3)20-14/h4-7,9-11H,8H2,1-3H3,(H2,18,19,21)/t10-,11+/m0/s1. The lowest BCUT2D eigenvalue weighted by atomic mass is 10.2. The first-order valence-corrected chi connectivity index (χ1v) is 8.20. The van der Waals surface area contributed by atoms with Gasteiger partial charge in [-0.25, -0.2) is 14.2 Å². The summed E-state index contributed by atoms with van der Waals surface area (Å²) >= 11 is 1.54. The normalized spacial score (nSPS) is 13.2. The average Bonchev–Trinajstić information content (AvgIpc) is 2.93. The number of aryl methyl sites for hydroxylation is 1. The fourth-order valence-electron chi connectivity index (χ4n) is 1.93. The molecule has 2 N–H and O–H groups in total. The second kappa shape index (κ2) is 7.92. The van der Waals surface area contributed by atoms with Crippen molar-refractivity contribution >= 4 is 17.4 Å². The zero-order chi connectivity index (χ0) is 16.8. The molecule has 0 radical (unpaired) electrons. The largest absolute Gasteiger partial charge is 0.488 e. The van der Waals surface area contributed by atoms with E-state index in [1.54, 1.807) is 36.5 Å². The highest BCUT2D eigenvalue weighted by Crippen LogP contribution is 2.16. The fraction of sp³-hybridized carbons (Fsp3) is 0.375. The van der Waals surface area contributed by atoms with Gasteiger partial charge in [0, 0.05) is 5.38 Å². The molecule has 1 aromatic carbocycles. The minimum Gasteiger partial charge on any atom is -0.488 e. The van der Waals surface area contributed by atoms with Crippen molar-refractivity contribution in [1.82, 2.24) is 15.6 Å². The third-order valence-electron chi connectivity index (χ3n) is 3.13. The van der Waals surface area contributed by atoms with E-state index in [0.717, 1.165) is 10.7 Å². The van der Waals surface area contributed by atoms with Crippen LogP contribution in [0.4, 0.5) is 9.18 Å². The van der Waals surface area contributed by atoms with Gasteiger partial charge < -0.3 is 15.4 Å². The minimum atomic E-state index is -0.420. The van der Waals surface area contributed by atoms with Crippen LogP contribution in [-0.4, -0.2) is 23.7 Å². The van der Waals surface area contributed by atoms with Crippen LogP contribution in [0.3, 0.4) is 0 Å². The summed E-state index contributed by atoms with van der Waals surface area (Å²) in [4.78, 5) is 16.3. The van der Waals surface area contributed by atoms with Crippen LogP contribution in [0.5, 0.6) is 5.75 Å². The highest BCUT2D eigenvalue weighted by atomic mass is 32.1. The predicted octanol–water partition coefficient (Wildman–Crippen LogP) is 3.42.